The van der Waals surface area contributed by atoms with E-state index in [4.69, 9.17) is 4.74 Å². The molecular formula is C18H22FIN4O3. The highest BCUT2D eigenvalue weighted by Crippen LogP contribution is 2.15. The van der Waals surface area contributed by atoms with Crippen LogP contribution < -0.4 is 10.1 Å². The van der Waals surface area contributed by atoms with Crippen LogP contribution in [0.25, 0.3) is 0 Å². The molecule has 0 aromatic heterocycles. The van der Waals surface area contributed by atoms with Crippen molar-refractivity contribution in [3.05, 3.63) is 70.0 Å². The van der Waals surface area contributed by atoms with E-state index in [0.717, 1.165) is 5.56 Å². The number of aliphatic imine (C=N–C) groups is 1. The fourth-order valence-corrected chi connectivity index (χ4v) is 2.31. The Morgan fingerprint density at radius 1 is 1.30 bits per heavy atom. The summed E-state index contributed by atoms with van der Waals surface area (Å²) in [5, 5.41) is 14.0. The third-order valence-corrected chi connectivity index (χ3v) is 3.67. The summed E-state index contributed by atoms with van der Waals surface area (Å²) in [5.41, 5.74) is 0.822. The molecule has 0 saturated heterocycles. The van der Waals surface area contributed by atoms with Gasteiger partial charge in [-0.15, -0.1) is 24.0 Å². The molecular weight excluding hydrogens is 466 g/mol. The van der Waals surface area contributed by atoms with Gasteiger partial charge in [-0.05, 0) is 17.7 Å². The maximum Gasteiger partial charge on any atom is 0.269 e. The summed E-state index contributed by atoms with van der Waals surface area (Å²) in [6.45, 7) is 1.17. The number of benzene rings is 2. The molecule has 146 valence electrons. The molecule has 1 N–H and O–H groups in total. The molecule has 7 nitrogen and oxygen atoms in total. The average molecular weight is 488 g/mol. The highest BCUT2D eigenvalue weighted by atomic mass is 127. The summed E-state index contributed by atoms with van der Waals surface area (Å²) in [6.07, 6.45) is 0. The maximum absolute atomic E-state index is 13.5. The summed E-state index contributed by atoms with van der Waals surface area (Å²) >= 11 is 0. The second-order valence-electron chi connectivity index (χ2n) is 5.53. The van der Waals surface area contributed by atoms with Gasteiger partial charge in [0, 0.05) is 32.8 Å². The van der Waals surface area contributed by atoms with Crippen LogP contribution in [0.1, 0.15) is 5.56 Å². The van der Waals surface area contributed by atoms with E-state index in [-0.39, 0.29) is 42.0 Å². The zero-order valence-corrected chi connectivity index (χ0v) is 17.4. The highest BCUT2D eigenvalue weighted by molar-refractivity contribution is 14.0. The number of non-ortho nitro benzene ring substituents is 1. The predicted molar refractivity (Wildman–Crippen MR) is 113 cm³/mol. The minimum Gasteiger partial charge on any atom is -0.489 e. The molecule has 0 aliphatic rings. The largest absolute Gasteiger partial charge is 0.489 e. The van der Waals surface area contributed by atoms with Gasteiger partial charge in [0.05, 0.1) is 11.5 Å². The number of nitro groups is 1. The third-order valence-electron chi connectivity index (χ3n) is 3.67. The predicted octanol–water partition coefficient (Wildman–Crippen LogP) is 3.44. The van der Waals surface area contributed by atoms with Crippen LogP contribution >= 0.6 is 24.0 Å². The second kappa shape index (κ2) is 11.3. The van der Waals surface area contributed by atoms with Crippen LogP contribution in [0.5, 0.6) is 5.75 Å². The number of para-hydroxylation sites is 1. The van der Waals surface area contributed by atoms with Gasteiger partial charge in [0.2, 0.25) is 0 Å². The smallest absolute Gasteiger partial charge is 0.269 e. The zero-order valence-electron chi connectivity index (χ0n) is 15.1. The van der Waals surface area contributed by atoms with E-state index in [9.17, 15) is 14.5 Å². The van der Waals surface area contributed by atoms with E-state index in [1.165, 1.54) is 18.2 Å². The van der Waals surface area contributed by atoms with Crippen LogP contribution in [-0.4, -0.2) is 43.0 Å². The Balaban J connectivity index is 0.00000364. The third kappa shape index (κ3) is 7.00. The van der Waals surface area contributed by atoms with Crippen molar-refractivity contribution >= 4 is 35.6 Å². The summed E-state index contributed by atoms with van der Waals surface area (Å²) in [7, 11) is 3.47. The van der Waals surface area contributed by atoms with E-state index < -0.39 is 10.7 Å². The first-order valence-corrected chi connectivity index (χ1v) is 8.03. The number of ether oxygens (including phenoxy) is 1. The van der Waals surface area contributed by atoms with Crippen LogP contribution in [0.4, 0.5) is 10.1 Å². The number of nitro benzene ring substituents is 1. The van der Waals surface area contributed by atoms with E-state index in [0.29, 0.717) is 19.0 Å². The lowest BCUT2D eigenvalue weighted by Gasteiger charge is -2.22. The van der Waals surface area contributed by atoms with Crippen molar-refractivity contribution in [2.24, 2.45) is 4.99 Å². The first kappa shape index (κ1) is 22.6. The number of nitrogens with one attached hydrogen (secondary N) is 1. The summed E-state index contributed by atoms with van der Waals surface area (Å²) < 4.78 is 18.9. The van der Waals surface area contributed by atoms with Crippen LogP contribution in [-0.2, 0) is 6.54 Å². The molecule has 0 saturated carbocycles. The van der Waals surface area contributed by atoms with E-state index in [2.05, 4.69) is 10.3 Å². The fourth-order valence-electron chi connectivity index (χ4n) is 2.31. The van der Waals surface area contributed by atoms with E-state index in [1.54, 1.807) is 37.4 Å². The Bertz CT molecular complexity index is 789. The zero-order chi connectivity index (χ0) is 18.9. The molecule has 0 spiro atoms. The number of hydrogen-bond acceptors (Lipinski definition) is 4. The van der Waals surface area contributed by atoms with Gasteiger partial charge < -0.3 is 15.0 Å². The normalized spacial score (nSPS) is 10.7. The fraction of sp³-hybridized carbons (Fsp3) is 0.278. The topological polar surface area (TPSA) is 80.0 Å². The standard InChI is InChI=1S/C18H21FN4O3.HI/c1-20-18(21-13-14-6-5-7-15(12-14)23(24)25)22(2)10-11-26-17-9-4-3-8-16(17)19;/h3-9,12H,10-11,13H2,1-2H3,(H,20,21);1H. The van der Waals surface area contributed by atoms with Gasteiger partial charge in [0.15, 0.2) is 17.5 Å². The highest BCUT2D eigenvalue weighted by Gasteiger charge is 2.09. The lowest BCUT2D eigenvalue weighted by atomic mass is 10.2. The Kier molecular flexibility index (Phi) is 9.48. The van der Waals surface area contributed by atoms with Gasteiger partial charge in [0.25, 0.3) is 5.69 Å². The second-order valence-corrected chi connectivity index (χ2v) is 5.53. The number of guanidine groups is 1. The minimum atomic E-state index is -0.426. The number of rotatable bonds is 7. The molecule has 0 aliphatic heterocycles. The molecule has 0 heterocycles. The molecule has 0 bridgehead atoms. The SMILES string of the molecule is CN=C(NCc1cccc([N+](=O)[O-])c1)N(C)CCOc1ccccc1F.I. The summed E-state index contributed by atoms with van der Waals surface area (Å²) in [4.78, 5) is 16.4. The Labute approximate surface area is 174 Å². The van der Waals surface area contributed by atoms with Gasteiger partial charge in [-0.1, -0.05) is 24.3 Å². The van der Waals surface area contributed by atoms with Crippen molar-refractivity contribution < 1.29 is 14.1 Å². The van der Waals surface area contributed by atoms with E-state index in [1.807, 2.05) is 11.9 Å². The molecule has 0 aliphatic carbocycles. The molecule has 0 atom stereocenters. The number of hydrogen-bond donors (Lipinski definition) is 1. The van der Waals surface area contributed by atoms with Crippen LogP contribution in [0.2, 0.25) is 0 Å². The summed E-state index contributed by atoms with van der Waals surface area (Å²) in [6, 6.07) is 12.6. The first-order chi connectivity index (χ1) is 12.5. The van der Waals surface area contributed by atoms with Crippen molar-refractivity contribution in [2.45, 2.75) is 6.54 Å². The van der Waals surface area contributed by atoms with Crippen molar-refractivity contribution in [1.82, 2.24) is 10.2 Å². The van der Waals surface area contributed by atoms with Crippen molar-refractivity contribution in [3.8, 4) is 5.75 Å². The van der Waals surface area contributed by atoms with Gasteiger partial charge in [-0.3, -0.25) is 15.1 Å². The molecule has 0 radical (unpaired) electrons. The summed E-state index contributed by atoms with van der Waals surface area (Å²) in [5.74, 6) is 0.414. The van der Waals surface area contributed by atoms with Crippen LogP contribution in [0.3, 0.4) is 0 Å². The van der Waals surface area contributed by atoms with Crippen LogP contribution in [0.15, 0.2) is 53.5 Å². The average Bonchev–Trinajstić information content (AvgIpc) is 2.64. The number of nitrogens with zero attached hydrogens (tertiary/aromatic N) is 3. The molecule has 2 rings (SSSR count). The molecule has 2 aromatic carbocycles. The lowest BCUT2D eigenvalue weighted by Crippen LogP contribution is -2.40. The molecule has 27 heavy (non-hydrogen) atoms. The Hall–Kier alpha value is -2.43. The lowest BCUT2D eigenvalue weighted by molar-refractivity contribution is -0.384. The van der Waals surface area contributed by atoms with Crippen molar-refractivity contribution in [3.63, 3.8) is 0 Å². The Morgan fingerprint density at radius 2 is 2.04 bits per heavy atom. The van der Waals surface area contributed by atoms with Crippen molar-refractivity contribution in [1.29, 1.82) is 0 Å². The molecule has 9 heteroatoms. The minimum absolute atomic E-state index is 0. The van der Waals surface area contributed by atoms with Gasteiger partial charge in [-0.2, -0.15) is 0 Å². The van der Waals surface area contributed by atoms with Crippen molar-refractivity contribution in [2.75, 3.05) is 27.2 Å². The van der Waals surface area contributed by atoms with Gasteiger partial charge in [0.1, 0.15) is 6.61 Å². The molecule has 0 fully saturated rings. The Morgan fingerprint density at radius 3 is 2.70 bits per heavy atom. The van der Waals surface area contributed by atoms with Crippen LogP contribution in [0, 0.1) is 15.9 Å². The first-order valence-electron chi connectivity index (χ1n) is 8.03. The quantitative estimate of drug-likeness (QED) is 0.213. The maximum atomic E-state index is 13.5. The van der Waals surface area contributed by atoms with Gasteiger partial charge >= 0.3 is 0 Å². The molecule has 0 unspecified atom stereocenters. The molecule has 0 amide bonds. The number of likely N-dealkylation sites (N-methyl/N-ethyl adjacent to an activating group) is 1. The monoisotopic (exact) mass is 488 g/mol. The molecule has 2 aromatic rings. The van der Waals surface area contributed by atoms with E-state index >= 15 is 0 Å². The number of halogens is 2. The van der Waals surface area contributed by atoms with Gasteiger partial charge in [-0.25, -0.2) is 4.39 Å².